The van der Waals surface area contributed by atoms with E-state index in [-0.39, 0.29) is 5.82 Å². The second-order valence-corrected chi connectivity index (χ2v) is 4.50. The molecule has 0 saturated heterocycles. The molecule has 0 heterocycles. The summed E-state index contributed by atoms with van der Waals surface area (Å²) in [6.45, 7) is 1.97. The first-order chi connectivity index (χ1) is 7.04. The molecule has 0 amide bonds. The number of benzene rings is 1. The number of aliphatic hydroxyl groups is 1. The molecule has 84 valence electrons. The van der Waals surface area contributed by atoms with E-state index in [2.05, 4.69) is 15.9 Å². The van der Waals surface area contributed by atoms with E-state index in [9.17, 15) is 9.50 Å². The number of aliphatic hydroxyl groups excluding tert-OH is 1. The Balaban J connectivity index is 2.85. The van der Waals surface area contributed by atoms with Gasteiger partial charge in [0.15, 0.2) is 0 Å². The molecule has 2 atom stereocenters. The normalized spacial score (nSPS) is 15.0. The first-order valence-electron chi connectivity index (χ1n) is 4.94. The highest BCUT2D eigenvalue weighted by molar-refractivity contribution is 9.10. The van der Waals surface area contributed by atoms with Crippen LogP contribution in [0.15, 0.2) is 22.7 Å². The molecule has 0 aliphatic heterocycles. The first kappa shape index (κ1) is 12.6. The second kappa shape index (κ2) is 5.58. The highest BCUT2D eigenvalue weighted by Gasteiger charge is 2.16. The Hall–Kier alpha value is -0.450. The third-order valence-corrected chi connectivity index (χ3v) is 2.73. The molecule has 0 bridgehead atoms. The predicted molar refractivity (Wildman–Crippen MR) is 61.9 cm³/mol. The van der Waals surface area contributed by atoms with Gasteiger partial charge in [-0.2, -0.15) is 0 Å². The Bertz CT molecular complexity index is 312. The fourth-order valence-corrected chi connectivity index (χ4v) is 1.95. The maximum absolute atomic E-state index is 13.1. The van der Waals surface area contributed by atoms with E-state index in [4.69, 9.17) is 5.73 Å². The SMILES string of the molecule is CCC[C@H](O)[C@H](N)c1cc(F)cc(Br)c1. The maximum atomic E-state index is 13.1. The maximum Gasteiger partial charge on any atom is 0.124 e. The number of halogens is 2. The summed E-state index contributed by atoms with van der Waals surface area (Å²) >= 11 is 3.19. The molecule has 0 unspecified atom stereocenters. The largest absolute Gasteiger partial charge is 0.391 e. The average molecular weight is 276 g/mol. The van der Waals surface area contributed by atoms with Gasteiger partial charge in [-0.05, 0) is 30.2 Å². The first-order valence-corrected chi connectivity index (χ1v) is 5.73. The van der Waals surface area contributed by atoms with Gasteiger partial charge in [-0.15, -0.1) is 0 Å². The van der Waals surface area contributed by atoms with Crippen LogP contribution in [-0.2, 0) is 0 Å². The van der Waals surface area contributed by atoms with Crippen molar-refractivity contribution < 1.29 is 9.50 Å². The lowest BCUT2D eigenvalue weighted by Crippen LogP contribution is -2.26. The zero-order valence-electron chi connectivity index (χ0n) is 8.58. The molecule has 15 heavy (non-hydrogen) atoms. The molecule has 0 radical (unpaired) electrons. The summed E-state index contributed by atoms with van der Waals surface area (Å²) in [5, 5.41) is 9.69. The molecular formula is C11H15BrFNO. The lowest BCUT2D eigenvalue weighted by atomic mass is 9.99. The number of rotatable bonds is 4. The lowest BCUT2D eigenvalue weighted by molar-refractivity contribution is 0.134. The molecule has 2 nitrogen and oxygen atoms in total. The van der Waals surface area contributed by atoms with Crippen molar-refractivity contribution >= 4 is 15.9 Å². The van der Waals surface area contributed by atoms with E-state index in [1.165, 1.54) is 12.1 Å². The Labute approximate surface area is 97.4 Å². The Morgan fingerprint density at radius 3 is 2.67 bits per heavy atom. The van der Waals surface area contributed by atoms with Crippen LogP contribution in [0.4, 0.5) is 4.39 Å². The van der Waals surface area contributed by atoms with Crippen molar-refractivity contribution in [1.29, 1.82) is 0 Å². The summed E-state index contributed by atoms with van der Waals surface area (Å²) in [5.41, 5.74) is 6.44. The molecule has 4 heteroatoms. The predicted octanol–water partition coefficient (Wildman–Crippen LogP) is 2.75. The van der Waals surface area contributed by atoms with Crippen LogP contribution < -0.4 is 5.73 Å². The van der Waals surface area contributed by atoms with Crippen LogP contribution in [0.2, 0.25) is 0 Å². The summed E-state index contributed by atoms with van der Waals surface area (Å²) in [6.07, 6.45) is 0.851. The minimum absolute atomic E-state index is 0.349. The van der Waals surface area contributed by atoms with Crippen molar-refractivity contribution in [3.05, 3.63) is 34.1 Å². The van der Waals surface area contributed by atoms with Gasteiger partial charge in [0.25, 0.3) is 0 Å². The molecule has 0 aliphatic carbocycles. The molecule has 1 aromatic carbocycles. The Kier molecular flexibility index (Phi) is 4.70. The molecule has 3 N–H and O–H groups in total. The molecule has 0 aliphatic rings. The fourth-order valence-electron chi connectivity index (χ4n) is 1.47. The van der Waals surface area contributed by atoms with E-state index in [0.717, 1.165) is 6.42 Å². The van der Waals surface area contributed by atoms with Crippen molar-refractivity contribution in [3.8, 4) is 0 Å². The minimum atomic E-state index is -0.622. The van der Waals surface area contributed by atoms with Crippen LogP contribution in [0.1, 0.15) is 31.4 Å². The van der Waals surface area contributed by atoms with Gasteiger partial charge in [0, 0.05) is 4.47 Å². The molecule has 1 aromatic rings. The summed E-state index contributed by atoms with van der Waals surface area (Å²) in [4.78, 5) is 0. The summed E-state index contributed by atoms with van der Waals surface area (Å²) in [5.74, 6) is -0.349. The zero-order chi connectivity index (χ0) is 11.4. The molecule has 0 fully saturated rings. The highest BCUT2D eigenvalue weighted by atomic mass is 79.9. The molecule has 0 saturated carbocycles. The van der Waals surface area contributed by atoms with E-state index in [0.29, 0.717) is 16.5 Å². The van der Waals surface area contributed by atoms with E-state index in [1.807, 2.05) is 6.92 Å². The smallest absolute Gasteiger partial charge is 0.124 e. The minimum Gasteiger partial charge on any atom is -0.391 e. The fraction of sp³-hybridized carbons (Fsp3) is 0.455. The highest BCUT2D eigenvalue weighted by Crippen LogP contribution is 2.22. The van der Waals surface area contributed by atoms with Crippen molar-refractivity contribution in [3.63, 3.8) is 0 Å². The molecular weight excluding hydrogens is 261 g/mol. The van der Waals surface area contributed by atoms with Gasteiger partial charge < -0.3 is 10.8 Å². The van der Waals surface area contributed by atoms with Crippen LogP contribution in [0.25, 0.3) is 0 Å². The number of hydrogen-bond donors (Lipinski definition) is 2. The lowest BCUT2D eigenvalue weighted by Gasteiger charge is -2.18. The number of nitrogens with two attached hydrogens (primary N) is 1. The zero-order valence-corrected chi connectivity index (χ0v) is 10.2. The average Bonchev–Trinajstić information content (AvgIpc) is 2.15. The Morgan fingerprint density at radius 1 is 1.47 bits per heavy atom. The standard InChI is InChI=1S/C11H15BrFNO/c1-2-3-10(15)11(14)7-4-8(12)6-9(13)5-7/h4-6,10-11,15H,2-3,14H2,1H3/t10-,11+/m0/s1. The van der Waals surface area contributed by atoms with Gasteiger partial charge in [-0.25, -0.2) is 4.39 Å². The summed E-state index contributed by atoms with van der Waals surface area (Å²) < 4.78 is 13.7. The van der Waals surface area contributed by atoms with Gasteiger partial charge in [0.05, 0.1) is 12.1 Å². The van der Waals surface area contributed by atoms with E-state index < -0.39 is 12.1 Å². The van der Waals surface area contributed by atoms with Crippen LogP contribution in [0.5, 0.6) is 0 Å². The quantitative estimate of drug-likeness (QED) is 0.888. The van der Waals surface area contributed by atoms with Crippen molar-refractivity contribution in [2.75, 3.05) is 0 Å². The van der Waals surface area contributed by atoms with Gasteiger partial charge in [-0.1, -0.05) is 29.3 Å². The summed E-state index contributed by atoms with van der Waals surface area (Å²) in [7, 11) is 0. The van der Waals surface area contributed by atoms with Crippen molar-refractivity contribution in [1.82, 2.24) is 0 Å². The third-order valence-electron chi connectivity index (χ3n) is 2.27. The van der Waals surface area contributed by atoms with Gasteiger partial charge in [0.2, 0.25) is 0 Å². The van der Waals surface area contributed by atoms with E-state index >= 15 is 0 Å². The topological polar surface area (TPSA) is 46.2 Å². The van der Waals surface area contributed by atoms with Gasteiger partial charge in [-0.3, -0.25) is 0 Å². The molecule has 0 spiro atoms. The number of hydrogen-bond acceptors (Lipinski definition) is 2. The second-order valence-electron chi connectivity index (χ2n) is 3.58. The van der Waals surface area contributed by atoms with Crippen LogP contribution >= 0.6 is 15.9 Å². The summed E-state index contributed by atoms with van der Waals surface area (Å²) in [6, 6.07) is 3.92. The van der Waals surface area contributed by atoms with Crippen molar-refractivity contribution in [2.45, 2.75) is 31.9 Å². The van der Waals surface area contributed by atoms with E-state index in [1.54, 1.807) is 6.07 Å². The van der Waals surface area contributed by atoms with Crippen molar-refractivity contribution in [2.24, 2.45) is 5.73 Å². The van der Waals surface area contributed by atoms with Gasteiger partial charge in [0.1, 0.15) is 5.82 Å². The molecule has 0 aromatic heterocycles. The van der Waals surface area contributed by atoms with Gasteiger partial charge >= 0.3 is 0 Å². The van der Waals surface area contributed by atoms with Crippen LogP contribution in [0, 0.1) is 5.82 Å². The third kappa shape index (κ3) is 3.55. The monoisotopic (exact) mass is 275 g/mol. The Morgan fingerprint density at radius 2 is 2.13 bits per heavy atom. The molecule has 1 rings (SSSR count). The van der Waals surface area contributed by atoms with Crippen LogP contribution in [0.3, 0.4) is 0 Å². The van der Waals surface area contributed by atoms with Crippen LogP contribution in [-0.4, -0.2) is 11.2 Å².